The van der Waals surface area contributed by atoms with Crippen LogP contribution in [0.5, 0.6) is 5.75 Å². The molecule has 144 valence electrons. The van der Waals surface area contributed by atoms with E-state index >= 15 is 0 Å². The van der Waals surface area contributed by atoms with Crippen molar-refractivity contribution < 1.29 is 32.2 Å². The summed E-state index contributed by atoms with van der Waals surface area (Å²) >= 11 is 0. The van der Waals surface area contributed by atoms with Crippen LogP contribution in [0.25, 0.3) is 0 Å². The molecule has 0 unspecified atom stereocenters. The summed E-state index contributed by atoms with van der Waals surface area (Å²) in [5.74, 6) is -0.417. The second-order valence-electron chi connectivity index (χ2n) is 5.55. The quantitative estimate of drug-likeness (QED) is 0.594. The molecule has 26 heavy (non-hydrogen) atoms. The van der Waals surface area contributed by atoms with Gasteiger partial charge in [0.1, 0.15) is 12.4 Å². The van der Waals surface area contributed by atoms with Gasteiger partial charge in [0.2, 0.25) is 10.0 Å². The van der Waals surface area contributed by atoms with Crippen molar-refractivity contribution in [1.82, 2.24) is 9.21 Å². The summed E-state index contributed by atoms with van der Waals surface area (Å²) < 4.78 is 41.0. The van der Waals surface area contributed by atoms with Gasteiger partial charge in [0.25, 0.3) is 5.91 Å². The first-order valence-corrected chi connectivity index (χ1v) is 9.39. The van der Waals surface area contributed by atoms with Crippen molar-refractivity contribution in [2.75, 3.05) is 53.6 Å². The van der Waals surface area contributed by atoms with E-state index in [2.05, 4.69) is 4.74 Å². The van der Waals surface area contributed by atoms with E-state index < -0.39 is 16.0 Å². The first-order valence-electron chi connectivity index (χ1n) is 7.95. The standard InChI is InChI=1S/C16H22N2O7S/c1-23-12-16(20)25-11-15(19)17-7-9-18(10-8-17)26(21,22)14-5-3-13(24-2)4-6-14/h3-6H,7-12H2,1-2H3. The van der Waals surface area contributed by atoms with Crippen LogP contribution in [0.4, 0.5) is 0 Å². The predicted octanol–water partition coefficient (Wildman–Crippen LogP) is -0.282. The molecule has 1 amide bonds. The van der Waals surface area contributed by atoms with Crippen molar-refractivity contribution in [3.63, 3.8) is 0 Å². The Morgan fingerprint density at radius 3 is 2.15 bits per heavy atom. The van der Waals surface area contributed by atoms with Crippen LogP contribution >= 0.6 is 0 Å². The highest BCUT2D eigenvalue weighted by molar-refractivity contribution is 7.89. The molecule has 0 atom stereocenters. The maximum absolute atomic E-state index is 12.6. The van der Waals surface area contributed by atoms with Crippen molar-refractivity contribution in [3.8, 4) is 5.75 Å². The van der Waals surface area contributed by atoms with Crippen LogP contribution in [-0.4, -0.2) is 83.1 Å². The highest BCUT2D eigenvalue weighted by Crippen LogP contribution is 2.20. The lowest BCUT2D eigenvalue weighted by Crippen LogP contribution is -2.51. The zero-order valence-corrected chi connectivity index (χ0v) is 15.5. The van der Waals surface area contributed by atoms with Gasteiger partial charge in [-0.15, -0.1) is 0 Å². The lowest BCUT2D eigenvalue weighted by atomic mass is 10.3. The van der Waals surface area contributed by atoms with Crippen molar-refractivity contribution in [1.29, 1.82) is 0 Å². The number of sulfonamides is 1. The number of amides is 1. The second-order valence-corrected chi connectivity index (χ2v) is 7.49. The second kappa shape index (κ2) is 8.97. The maximum Gasteiger partial charge on any atom is 0.332 e. The molecule has 1 aliphatic rings. The number of esters is 1. The van der Waals surface area contributed by atoms with Crippen molar-refractivity contribution in [3.05, 3.63) is 24.3 Å². The van der Waals surface area contributed by atoms with Crippen molar-refractivity contribution in [2.24, 2.45) is 0 Å². The number of rotatable bonds is 7. The molecule has 2 rings (SSSR count). The van der Waals surface area contributed by atoms with Crippen LogP contribution < -0.4 is 4.74 Å². The van der Waals surface area contributed by atoms with Crippen LogP contribution in [-0.2, 0) is 29.1 Å². The predicted molar refractivity (Wildman–Crippen MR) is 91.2 cm³/mol. The van der Waals surface area contributed by atoms with Crippen LogP contribution in [0.1, 0.15) is 0 Å². The summed E-state index contributed by atoms with van der Waals surface area (Å²) in [7, 11) is -0.772. The molecule has 0 aliphatic carbocycles. The minimum atomic E-state index is -3.63. The average molecular weight is 386 g/mol. The Kier molecular flexibility index (Phi) is 6.95. The molecule has 0 bridgehead atoms. The molecule has 1 heterocycles. The number of ether oxygens (including phenoxy) is 3. The summed E-state index contributed by atoms with van der Waals surface area (Å²) in [4.78, 5) is 24.9. The first-order chi connectivity index (χ1) is 12.4. The van der Waals surface area contributed by atoms with E-state index in [1.54, 1.807) is 12.1 Å². The smallest absolute Gasteiger partial charge is 0.332 e. The molecule has 0 spiro atoms. The Labute approximate surface area is 152 Å². The molecule has 10 heteroatoms. The topological polar surface area (TPSA) is 102 Å². The van der Waals surface area contributed by atoms with Crippen LogP contribution in [0.15, 0.2) is 29.2 Å². The van der Waals surface area contributed by atoms with Gasteiger partial charge in [-0.1, -0.05) is 0 Å². The fraction of sp³-hybridized carbons (Fsp3) is 0.500. The van der Waals surface area contributed by atoms with Gasteiger partial charge in [-0.25, -0.2) is 13.2 Å². The molecular weight excluding hydrogens is 364 g/mol. The number of benzene rings is 1. The lowest BCUT2D eigenvalue weighted by Gasteiger charge is -2.33. The van der Waals surface area contributed by atoms with Crippen LogP contribution in [0.3, 0.4) is 0 Å². The Morgan fingerprint density at radius 2 is 1.62 bits per heavy atom. The number of nitrogens with zero attached hydrogens (tertiary/aromatic N) is 2. The van der Waals surface area contributed by atoms with Gasteiger partial charge < -0.3 is 19.1 Å². The third-order valence-corrected chi connectivity index (χ3v) is 5.82. The summed E-state index contributed by atoms with van der Waals surface area (Å²) in [6.07, 6.45) is 0. The highest BCUT2D eigenvalue weighted by atomic mass is 32.2. The molecule has 9 nitrogen and oxygen atoms in total. The van der Waals surface area contributed by atoms with Crippen LogP contribution in [0.2, 0.25) is 0 Å². The van der Waals surface area contributed by atoms with Gasteiger partial charge in [-0.3, -0.25) is 4.79 Å². The number of methoxy groups -OCH3 is 2. The molecule has 0 N–H and O–H groups in total. The van der Waals surface area contributed by atoms with Gasteiger partial charge in [0, 0.05) is 33.3 Å². The van der Waals surface area contributed by atoms with E-state index in [1.807, 2.05) is 0 Å². The van der Waals surface area contributed by atoms with E-state index in [0.29, 0.717) is 5.75 Å². The average Bonchev–Trinajstić information content (AvgIpc) is 2.66. The molecule has 0 saturated carbocycles. The molecule has 1 saturated heterocycles. The third-order valence-electron chi connectivity index (χ3n) is 3.91. The van der Waals surface area contributed by atoms with Gasteiger partial charge in [-0.05, 0) is 24.3 Å². The number of carbonyl (C=O) groups is 2. The highest BCUT2D eigenvalue weighted by Gasteiger charge is 2.30. The molecule has 1 aromatic rings. The van der Waals surface area contributed by atoms with E-state index in [1.165, 1.54) is 35.6 Å². The fourth-order valence-electron chi connectivity index (χ4n) is 2.47. The largest absolute Gasteiger partial charge is 0.497 e. The van der Waals surface area contributed by atoms with E-state index in [-0.39, 0.29) is 50.2 Å². The minimum absolute atomic E-state index is 0.173. The SMILES string of the molecule is COCC(=O)OCC(=O)N1CCN(S(=O)(=O)c2ccc(OC)cc2)CC1. The number of hydrogen-bond donors (Lipinski definition) is 0. The Bertz CT molecular complexity index is 725. The zero-order valence-electron chi connectivity index (χ0n) is 14.7. The normalized spacial score (nSPS) is 15.5. The van der Waals surface area contributed by atoms with Gasteiger partial charge in [-0.2, -0.15) is 4.31 Å². The number of hydrogen-bond acceptors (Lipinski definition) is 7. The van der Waals surface area contributed by atoms with Gasteiger partial charge in [0.15, 0.2) is 6.61 Å². The summed E-state index contributed by atoms with van der Waals surface area (Å²) in [5.41, 5.74) is 0. The molecule has 1 aliphatic heterocycles. The van der Waals surface area contributed by atoms with E-state index in [9.17, 15) is 18.0 Å². The van der Waals surface area contributed by atoms with Gasteiger partial charge >= 0.3 is 5.97 Å². The van der Waals surface area contributed by atoms with Crippen molar-refractivity contribution >= 4 is 21.9 Å². The summed E-state index contributed by atoms with van der Waals surface area (Å²) in [5, 5.41) is 0. The van der Waals surface area contributed by atoms with Gasteiger partial charge in [0.05, 0.1) is 12.0 Å². The van der Waals surface area contributed by atoms with Crippen molar-refractivity contribution in [2.45, 2.75) is 4.90 Å². The monoisotopic (exact) mass is 386 g/mol. The van der Waals surface area contributed by atoms with E-state index in [4.69, 9.17) is 9.47 Å². The fourth-order valence-corrected chi connectivity index (χ4v) is 3.89. The summed E-state index contributed by atoms with van der Waals surface area (Å²) in [6, 6.07) is 6.14. The molecule has 1 aromatic carbocycles. The minimum Gasteiger partial charge on any atom is -0.497 e. The number of carbonyl (C=O) groups excluding carboxylic acids is 2. The molecule has 0 radical (unpaired) electrons. The zero-order chi connectivity index (χ0) is 19.2. The van der Waals surface area contributed by atoms with E-state index in [0.717, 1.165) is 0 Å². The Balaban J connectivity index is 1.90. The Morgan fingerprint density at radius 1 is 1.00 bits per heavy atom. The molecule has 1 fully saturated rings. The Hall–Kier alpha value is -2.17. The third kappa shape index (κ3) is 4.93. The van der Waals surface area contributed by atoms with Crippen LogP contribution in [0, 0.1) is 0 Å². The molecular formula is C16H22N2O7S. The summed E-state index contributed by atoms with van der Waals surface area (Å²) in [6.45, 7) is 0.207. The number of piperazine rings is 1. The lowest BCUT2D eigenvalue weighted by molar-refractivity contribution is -0.155. The maximum atomic E-state index is 12.6. The first kappa shape index (κ1) is 20.1. The molecule has 0 aromatic heterocycles.